The molecular weight excluding hydrogens is 403 g/mol. The number of halogens is 5. The monoisotopic (exact) mass is 416 g/mol. The van der Waals surface area contributed by atoms with E-state index < -0.39 is 49.6 Å². The summed E-state index contributed by atoms with van der Waals surface area (Å²) in [7, 11) is -4.06. The summed E-state index contributed by atoms with van der Waals surface area (Å²) < 4.78 is 91.3. The molecule has 2 aromatic carbocycles. The Morgan fingerprint density at radius 1 is 1.04 bits per heavy atom. The minimum Gasteiger partial charge on any atom is -0.334 e. The first-order valence-electron chi connectivity index (χ1n) is 7.81. The molecule has 0 aliphatic heterocycles. The molecular formula is C18H13F5N2O2S. The lowest BCUT2D eigenvalue weighted by Gasteiger charge is -2.08. The zero-order valence-corrected chi connectivity index (χ0v) is 15.3. The summed E-state index contributed by atoms with van der Waals surface area (Å²) in [5, 5.41) is 0. The zero-order valence-electron chi connectivity index (χ0n) is 14.5. The van der Waals surface area contributed by atoms with Crippen molar-refractivity contribution in [3.05, 3.63) is 59.4 Å². The van der Waals surface area contributed by atoms with E-state index in [0.29, 0.717) is 18.4 Å². The Kier molecular flexibility index (Phi) is 4.78. The first-order chi connectivity index (χ1) is 12.9. The minimum atomic E-state index is -4.85. The summed E-state index contributed by atoms with van der Waals surface area (Å²) in [6.07, 6.45) is -4.15. The summed E-state index contributed by atoms with van der Waals surface area (Å²) in [6.45, 7) is 1.71. The highest BCUT2D eigenvalue weighted by Crippen LogP contribution is 2.37. The smallest absolute Gasteiger partial charge is 0.334 e. The number of aromatic amines is 1. The Morgan fingerprint density at radius 2 is 1.71 bits per heavy atom. The number of H-pyrrole nitrogens is 1. The highest BCUT2D eigenvalue weighted by molar-refractivity contribution is 7.90. The van der Waals surface area contributed by atoms with Crippen molar-refractivity contribution in [2.24, 2.45) is 0 Å². The molecule has 0 aliphatic rings. The molecule has 3 rings (SSSR count). The number of aromatic nitrogens is 2. The molecule has 3 aromatic rings. The van der Waals surface area contributed by atoms with Crippen LogP contribution in [0.1, 0.15) is 11.4 Å². The van der Waals surface area contributed by atoms with E-state index in [4.69, 9.17) is 0 Å². The molecule has 148 valence electrons. The Morgan fingerprint density at radius 3 is 2.29 bits per heavy atom. The van der Waals surface area contributed by atoms with Gasteiger partial charge in [0.15, 0.2) is 9.84 Å². The van der Waals surface area contributed by atoms with Gasteiger partial charge in [0.25, 0.3) is 0 Å². The van der Waals surface area contributed by atoms with Gasteiger partial charge in [-0.15, -0.1) is 0 Å². The number of benzene rings is 2. The highest BCUT2D eigenvalue weighted by atomic mass is 32.2. The van der Waals surface area contributed by atoms with E-state index in [-0.39, 0.29) is 11.3 Å². The Hall–Kier alpha value is -2.75. The summed E-state index contributed by atoms with van der Waals surface area (Å²) in [5.74, 6) is -3.86. The SMILES string of the molecule is Cc1cccc(-c2nc(C(F)(F)F)[nH]c2-c2cc(F)c(S(C)(=O)=O)cc2F)c1. The lowest BCUT2D eigenvalue weighted by molar-refractivity contribution is -0.144. The zero-order chi connectivity index (χ0) is 20.9. The van der Waals surface area contributed by atoms with Gasteiger partial charge >= 0.3 is 6.18 Å². The highest BCUT2D eigenvalue weighted by Gasteiger charge is 2.36. The predicted molar refractivity (Wildman–Crippen MR) is 92.2 cm³/mol. The van der Waals surface area contributed by atoms with E-state index in [1.165, 1.54) is 6.07 Å². The van der Waals surface area contributed by atoms with Gasteiger partial charge < -0.3 is 4.98 Å². The normalized spacial score (nSPS) is 12.4. The number of alkyl halides is 3. The van der Waals surface area contributed by atoms with E-state index in [1.54, 1.807) is 25.1 Å². The molecule has 28 heavy (non-hydrogen) atoms. The van der Waals surface area contributed by atoms with E-state index in [2.05, 4.69) is 4.98 Å². The maximum Gasteiger partial charge on any atom is 0.449 e. The standard InChI is InChI=1S/C18H13F5N2O2S/c1-9-4-3-5-10(6-9)15-16(25-17(24-15)18(21,22)23)11-7-13(20)14(8-12(11)19)28(2,26)27/h3-8H,1-2H3,(H,24,25). The third kappa shape index (κ3) is 3.77. The van der Waals surface area contributed by atoms with Crippen molar-refractivity contribution in [1.82, 2.24) is 9.97 Å². The first-order valence-corrected chi connectivity index (χ1v) is 9.71. The molecule has 0 radical (unpaired) electrons. The van der Waals surface area contributed by atoms with E-state index in [1.807, 2.05) is 4.98 Å². The van der Waals surface area contributed by atoms with E-state index >= 15 is 0 Å². The molecule has 0 spiro atoms. The van der Waals surface area contributed by atoms with Gasteiger partial charge in [0, 0.05) is 17.4 Å². The van der Waals surface area contributed by atoms with Crippen LogP contribution in [0.15, 0.2) is 41.3 Å². The summed E-state index contributed by atoms with van der Waals surface area (Å²) >= 11 is 0. The Balaban J connectivity index is 2.30. The first kappa shape index (κ1) is 20.0. The third-order valence-corrected chi connectivity index (χ3v) is 5.07. The molecule has 1 heterocycles. The number of sulfone groups is 1. The van der Waals surface area contributed by atoms with Crippen molar-refractivity contribution < 1.29 is 30.4 Å². The molecule has 0 saturated heterocycles. The lowest BCUT2D eigenvalue weighted by atomic mass is 10.0. The number of aryl methyl sites for hydroxylation is 1. The molecule has 10 heteroatoms. The molecule has 0 amide bonds. The average Bonchev–Trinajstić information content (AvgIpc) is 3.01. The molecule has 0 bridgehead atoms. The second kappa shape index (κ2) is 6.69. The van der Waals surface area contributed by atoms with Crippen LogP contribution in [0.4, 0.5) is 22.0 Å². The Labute approximate surface area is 157 Å². The van der Waals surface area contributed by atoms with Crippen LogP contribution < -0.4 is 0 Å². The number of rotatable bonds is 3. The Bertz CT molecular complexity index is 1170. The van der Waals surface area contributed by atoms with Crippen molar-refractivity contribution >= 4 is 9.84 Å². The second-order valence-corrected chi connectivity index (χ2v) is 8.20. The van der Waals surface area contributed by atoms with Crippen LogP contribution in [-0.4, -0.2) is 24.6 Å². The van der Waals surface area contributed by atoms with E-state index in [0.717, 1.165) is 5.56 Å². The number of hydrogen-bond donors (Lipinski definition) is 1. The van der Waals surface area contributed by atoms with Crippen LogP contribution in [-0.2, 0) is 16.0 Å². The number of nitrogens with one attached hydrogen (secondary N) is 1. The number of hydrogen-bond acceptors (Lipinski definition) is 3. The van der Waals surface area contributed by atoms with Crippen LogP contribution in [0.2, 0.25) is 0 Å². The molecule has 0 aliphatic carbocycles. The van der Waals surface area contributed by atoms with Crippen LogP contribution in [0, 0.1) is 18.6 Å². The van der Waals surface area contributed by atoms with Crippen LogP contribution in [0.3, 0.4) is 0 Å². The quantitative estimate of drug-likeness (QED) is 0.627. The summed E-state index contributed by atoms with van der Waals surface area (Å²) in [5.41, 5.74) is -0.229. The number of imidazole rings is 1. The van der Waals surface area contributed by atoms with E-state index in [9.17, 15) is 30.4 Å². The molecule has 0 saturated carbocycles. The van der Waals surface area contributed by atoms with Crippen molar-refractivity contribution in [3.63, 3.8) is 0 Å². The van der Waals surface area contributed by atoms with Gasteiger partial charge in [-0.1, -0.05) is 23.8 Å². The fraction of sp³-hybridized carbons (Fsp3) is 0.167. The van der Waals surface area contributed by atoms with Gasteiger partial charge in [0.1, 0.15) is 16.5 Å². The van der Waals surface area contributed by atoms with Crippen LogP contribution >= 0.6 is 0 Å². The lowest BCUT2D eigenvalue weighted by Crippen LogP contribution is -2.07. The summed E-state index contributed by atoms with van der Waals surface area (Å²) in [4.78, 5) is 4.63. The second-order valence-electron chi connectivity index (χ2n) is 6.21. The van der Waals surface area contributed by atoms with Gasteiger partial charge in [0.05, 0.1) is 11.4 Å². The fourth-order valence-corrected chi connectivity index (χ4v) is 3.44. The minimum absolute atomic E-state index is 0.235. The predicted octanol–water partition coefficient (Wildman–Crippen LogP) is 4.75. The molecule has 0 fully saturated rings. The molecule has 0 atom stereocenters. The van der Waals surface area contributed by atoms with Crippen LogP contribution in [0.5, 0.6) is 0 Å². The average molecular weight is 416 g/mol. The topological polar surface area (TPSA) is 62.8 Å². The van der Waals surface area contributed by atoms with Gasteiger partial charge in [-0.05, 0) is 25.1 Å². The van der Waals surface area contributed by atoms with Gasteiger partial charge in [-0.25, -0.2) is 22.2 Å². The van der Waals surface area contributed by atoms with Crippen molar-refractivity contribution in [2.45, 2.75) is 18.0 Å². The van der Waals surface area contributed by atoms with Gasteiger partial charge in [-0.3, -0.25) is 0 Å². The van der Waals surface area contributed by atoms with Gasteiger partial charge in [-0.2, -0.15) is 13.2 Å². The molecule has 1 aromatic heterocycles. The maximum atomic E-state index is 14.6. The third-order valence-electron chi connectivity index (χ3n) is 3.95. The maximum absolute atomic E-state index is 14.6. The molecule has 1 N–H and O–H groups in total. The fourth-order valence-electron chi connectivity index (χ4n) is 2.71. The largest absolute Gasteiger partial charge is 0.449 e. The molecule has 0 unspecified atom stereocenters. The van der Waals surface area contributed by atoms with Crippen LogP contribution in [0.25, 0.3) is 22.5 Å². The number of nitrogens with zero attached hydrogens (tertiary/aromatic N) is 1. The van der Waals surface area contributed by atoms with Crippen molar-refractivity contribution in [2.75, 3.05) is 6.26 Å². The van der Waals surface area contributed by atoms with Gasteiger partial charge in [0.2, 0.25) is 5.82 Å². The summed E-state index contributed by atoms with van der Waals surface area (Å²) in [6, 6.07) is 7.29. The van der Waals surface area contributed by atoms with Crippen molar-refractivity contribution in [1.29, 1.82) is 0 Å². The van der Waals surface area contributed by atoms with Crippen molar-refractivity contribution in [3.8, 4) is 22.5 Å². The molecule has 4 nitrogen and oxygen atoms in total.